The van der Waals surface area contributed by atoms with Gasteiger partial charge in [0.25, 0.3) is 5.91 Å². The first-order valence-corrected chi connectivity index (χ1v) is 14.0. The number of nitrogens with one attached hydrogen (secondary N) is 1. The molecule has 4 rings (SSSR count). The van der Waals surface area contributed by atoms with Crippen molar-refractivity contribution in [2.45, 2.75) is 32.9 Å². The average Bonchev–Trinajstić information content (AvgIpc) is 2.94. The van der Waals surface area contributed by atoms with E-state index >= 15 is 0 Å². The number of hydrogen-bond acceptors (Lipinski definition) is 6. The summed E-state index contributed by atoms with van der Waals surface area (Å²) in [6.45, 7) is 8.13. The third kappa shape index (κ3) is 6.22. The molecule has 214 valence electrons. The van der Waals surface area contributed by atoms with Gasteiger partial charge in [0.15, 0.2) is 0 Å². The van der Waals surface area contributed by atoms with Crippen molar-refractivity contribution in [3.05, 3.63) is 74.9 Å². The van der Waals surface area contributed by atoms with Crippen LogP contribution in [0.2, 0.25) is 10.0 Å². The first kappa shape index (κ1) is 29.7. The molecule has 2 aliphatic heterocycles. The van der Waals surface area contributed by atoms with Crippen LogP contribution >= 0.6 is 23.2 Å². The highest BCUT2D eigenvalue weighted by Crippen LogP contribution is 2.35. The molecule has 0 aromatic heterocycles. The summed E-state index contributed by atoms with van der Waals surface area (Å²) in [5.41, 5.74) is 2.15. The number of carbonyl (C=O) groups is 3. The van der Waals surface area contributed by atoms with Crippen molar-refractivity contribution in [2.75, 3.05) is 46.4 Å². The first-order chi connectivity index (χ1) is 19.2. The van der Waals surface area contributed by atoms with Crippen molar-refractivity contribution in [2.24, 2.45) is 0 Å². The number of likely N-dealkylation sites (N-methyl/N-ethyl adjacent to an activating group) is 1. The van der Waals surface area contributed by atoms with Gasteiger partial charge in [-0.05, 0) is 62.7 Å². The number of halogens is 2. The molecule has 0 spiro atoms. The molecule has 40 heavy (non-hydrogen) atoms. The lowest BCUT2D eigenvalue weighted by atomic mass is 9.94. The van der Waals surface area contributed by atoms with Gasteiger partial charge in [0, 0.05) is 50.0 Å². The van der Waals surface area contributed by atoms with Crippen LogP contribution in [-0.2, 0) is 9.53 Å². The number of urea groups is 1. The summed E-state index contributed by atoms with van der Waals surface area (Å²) in [4.78, 5) is 45.4. The quantitative estimate of drug-likeness (QED) is 0.447. The van der Waals surface area contributed by atoms with Gasteiger partial charge in [0.05, 0.1) is 35.4 Å². The molecule has 0 unspecified atom stereocenters. The second-order valence-electron chi connectivity index (χ2n) is 9.69. The number of benzene rings is 2. The molecule has 1 saturated heterocycles. The molecule has 0 aliphatic carbocycles. The van der Waals surface area contributed by atoms with E-state index in [9.17, 15) is 14.4 Å². The Labute approximate surface area is 244 Å². The van der Waals surface area contributed by atoms with Crippen molar-refractivity contribution in [3.8, 4) is 5.75 Å². The summed E-state index contributed by atoms with van der Waals surface area (Å²) < 4.78 is 10.7. The van der Waals surface area contributed by atoms with Crippen LogP contribution in [0.25, 0.3) is 0 Å². The Hall–Kier alpha value is -3.27. The largest absolute Gasteiger partial charge is 0.497 e. The number of methoxy groups -OCH3 is 1. The van der Waals surface area contributed by atoms with Gasteiger partial charge in [0.1, 0.15) is 5.75 Å². The minimum atomic E-state index is -0.755. The molecule has 3 amide bonds. The standard InChI is InChI=1S/C29H34Cl2N4O5/c1-5-34-24(17-33-13-14-35(18(3)16-33)27(36)19-7-10-21(39-4)11-8-19)25(28(37)40-6-2)26(32-29(34)38)20-9-12-22(30)23(31)15-20/h7-12,15,18,26H,5-6,13-14,16-17H2,1-4H3,(H,32,38)/t18-,26+/m0/s1. The van der Waals surface area contributed by atoms with Crippen LogP contribution in [0.5, 0.6) is 5.75 Å². The summed E-state index contributed by atoms with van der Waals surface area (Å²) in [5, 5.41) is 3.64. The van der Waals surface area contributed by atoms with Crippen molar-refractivity contribution in [1.82, 2.24) is 20.0 Å². The maximum Gasteiger partial charge on any atom is 0.338 e. The number of esters is 1. The lowest BCUT2D eigenvalue weighted by Crippen LogP contribution is -2.56. The summed E-state index contributed by atoms with van der Waals surface area (Å²) >= 11 is 12.4. The van der Waals surface area contributed by atoms with Crippen LogP contribution in [0.3, 0.4) is 0 Å². The number of hydrogen-bond donors (Lipinski definition) is 1. The Balaban J connectivity index is 1.62. The Morgan fingerprint density at radius 2 is 1.77 bits per heavy atom. The fourth-order valence-electron chi connectivity index (χ4n) is 5.19. The molecular formula is C29H34Cl2N4O5. The Bertz CT molecular complexity index is 1300. The average molecular weight is 590 g/mol. The van der Waals surface area contributed by atoms with Gasteiger partial charge in [-0.3, -0.25) is 14.6 Å². The predicted molar refractivity (Wildman–Crippen MR) is 154 cm³/mol. The molecule has 2 aliphatic rings. The topological polar surface area (TPSA) is 91.4 Å². The molecule has 0 bridgehead atoms. The van der Waals surface area contributed by atoms with Gasteiger partial charge in [0.2, 0.25) is 0 Å². The molecule has 1 N–H and O–H groups in total. The van der Waals surface area contributed by atoms with E-state index in [-0.39, 0.29) is 24.6 Å². The molecule has 2 aromatic rings. The van der Waals surface area contributed by atoms with E-state index in [1.54, 1.807) is 61.4 Å². The number of carbonyl (C=O) groups excluding carboxylic acids is 3. The highest BCUT2D eigenvalue weighted by molar-refractivity contribution is 6.42. The van der Waals surface area contributed by atoms with E-state index in [1.165, 1.54) is 0 Å². The third-order valence-corrected chi connectivity index (χ3v) is 7.95. The van der Waals surface area contributed by atoms with Gasteiger partial charge < -0.3 is 19.7 Å². The van der Waals surface area contributed by atoms with Crippen LogP contribution in [0.15, 0.2) is 53.7 Å². The molecule has 0 saturated carbocycles. The lowest BCUT2D eigenvalue weighted by Gasteiger charge is -2.43. The van der Waals surface area contributed by atoms with Crippen LogP contribution in [-0.4, -0.2) is 85.1 Å². The minimum Gasteiger partial charge on any atom is -0.497 e. The van der Waals surface area contributed by atoms with Crippen LogP contribution in [0.1, 0.15) is 42.7 Å². The van der Waals surface area contributed by atoms with Crippen LogP contribution < -0.4 is 10.1 Å². The van der Waals surface area contributed by atoms with E-state index in [0.29, 0.717) is 70.9 Å². The molecule has 9 nitrogen and oxygen atoms in total. The monoisotopic (exact) mass is 588 g/mol. The molecule has 11 heteroatoms. The van der Waals surface area contributed by atoms with E-state index < -0.39 is 12.0 Å². The summed E-state index contributed by atoms with van der Waals surface area (Å²) in [5.74, 6) is 0.137. The van der Waals surface area contributed by atoms with Crippen molar-refractivity contribution in [1.29, 1.82) is 0 Å². The normalized spacial score (nSPS) is 19.9. The molecule has 2 atom stereocenters. The fourth-order valence-corrected chi connectivity index (χ4v) is 5.50. The highest BCUT2D eigenvalue weighted by Gasteiger charge is 2.39. The maximum absolute atomic E-state index is 13.4. The highest BCUT2D eigenvalue weighted by atomic mass is 35.5. The number of rotatable bonds is 8. The Morgan fingerprint density at radius 3 is 2.38 bits per heavy atom. The zero-order chi connectivity index (χ0) is 29.0. The van der Waals surface area contributed by atoms with Gasteiger partial charge >= 0.3 is 12.0 Å². The number of amides is 3. The van der Waals surface area contributed by atoms with Gasteiger partial charge in [-0.2, -0.15) is 0 Å². The molecule has 0 radical (unpaired) electrons. The van der Waals surface area contributed by atoms with Crippen LogP contribution in [0.4, 0.5) is 4.79 Å². The van der Waals surface area contributed by atoms with Crippen molar-refractivity contribution in [3.63, 3.8) is 0 Å². The Morgan fingerprint density at radius 1 is 1.05 bits per heavy atom. The van der Waals surface area contributed by atoms with Gasteiger partial charge in [-0.25, -0.2) is 9.59 Å². The molecule has 2 heterocycles. The summed E-state index contributed by atoms with van der Waals surface area (Å²) in [7, 11) is 1.59. The zero-order valence-corrected chi connectivity index (χ0v) is 24.6. The Kier molecular flexibility index (Phi) is 9.60. The van der Waals surface area contributed by atoms with Gasteiger partial charge in [-0.15, -0.1) is 0 Å². The summed E-state index contributed by atoms with van der Waals surface area (Å²) in [6, 6.07) is 10.9. The van der Waals surface area contributed by atoms with E-state index in [1.807, 2.05) is 18.7 Å². The van der Waals surface area contributed by atoms with Crippen molar-refractivity contribution >= 4 is 41.1 Å². The van der Waals surface area contributed by atoms with E-state index in [4.69, 9.17) is 32.7 Å². The van der Waals surface area contributed by atoms with E-state index in [0.717, 1.165) is 0 Å². The maximum atomic E-state index is 13.4. The summed E-state index contributed by atoms with van der Waals surface area (Å²) in [6.07, 6.45) is 0. The van der Waals surface area contributed by atoms with Crippen molar-refractivity contribution < 1.29 is 23.9 Å². The number of nitrogens with zero attached hydrogens (tertiary/aromatic N) is 3. The van der Waals surface area contributed by atoms with Gasteiger partial charge in [-0.1, -0.05) is 29.3 Å². The lowest BCUT2D eigenvalue weighted by molar-refractivity contribution is -0.139. The molecule has 2 aromatic carbocycles. The smallest absolute Gasteiger partial charge is 0.338 e. The predicted octanol–water partition coefficient (Wildman–Crippen LogP) is 4.75. The minimum absolute atomic E-state index is 0.0480. The molecule has 1 fully saturated rings. The van der Waals surface area contributed by atoms with Crippen LogP contribution in [0, 0.1) is 0 Å². The zero-order valence-electron chi connectivity index (χ0n) is 23.1. The number of ether oxygens (including phenoxy) is 2. The first-order valence-electron chi connectivity index (χ1n) is 13.3. The van der Waals surface area contributed by atoms with E-state index in [2.05, 4.69) is 10.2 Å². The molecular weight excluding hydrogens is 555 g/mol. The second-order valence-corrected chi connectivity index (χ2v) is 10.5. The fraction of sp³-hybridized carbons (Fsp3) is 0.414. The third-order valence-electron chi connectivity index (χ3n) is 7.21. The number of piperazine rings is 1. The second kappa shape index (κ2) is 12.9. The SMILES string of the molecule is CCOC(=O)C1=C(CN2CCN(C(=O)c3ccc(OC)cc3)[C@@H](C)C2)N(CC)C(=O)N[C@@H]1c1ccc(Cl)c(Cl)c1.